The summed E-state index contributed by atoms with van der Waals surface area (Å²) in [5.74, 6) is 0.456. The van der Waals surface area contributed by atoms with E-state index in [2.05, 4.69) is 9.97 Å². The average molecular weight is 348 g/mol. The molecule has 2 fully saturated rings. The molecule has 0 spiro atoms. The molecular weight excluding hydrogens is 328 g/mol. The number of fused-ring (bicyclic) bond motifs is 1. The van der Waals surface area contributed by atoms with Crippen LogP contribution < -0.4 is 10.5 Å². The predicted molar refractivity (Wildman–Crippen MR) is 92.7 cm³/mol. The van der Waals surface area contributed by atoms with Gasteiger partial charge in [0.1, 0.15) is 0 Å². The van der Waals surface area contributed by atoms with Crippen LogP contribution in [0.15, 0.2) is 29.1 Å². The molecular formula is C16H20N4O3S. The van der Waals surface area contributed by atoms with Crippen molar-refractivity contribution in [3.05, 3.63) is 34.6 Å². The van der Waals surface area contributed by atoms with Crippen LogP contribution in [0.25, 0.3) is 10.9 Å². The molecule has 24 heavy (non-hydrogen) atoms. The van der Waals surface area contributed by atoms with E-state index < -0.39 is 15.3 Å². The fourth-order valence-electron chi connectivity index (χ4n) is 3.54. The monoisotopic (exact) mass is 348 g/mol. The molecule has 0 unspecified atom stereocenters. The number of hydrogen-bond acceptors (Lipinski definition) is 5. The van der Waals surface area contributed by atoms with Crippen molar-refractivity contribution in [1.82, 2.24) is 14.3 Å². The minimum absolute atomic E-state index is 0.193. The van der Waals surface area contributed by atoms with Gasteiger partial charge < -0.3 is 4.90 Å². The summed E-state index contributed by atoms with van der Waals surface area (Å²) >= 11 is 0. The number of nitrogens with one attached hydrogen (secondary N) is 1. The Balaban J connectivity index is 1.60. The Morgan fingerprint density at radius 1 is 1.12 bits per heavy atom. The maximum Gasteiger partial charge on any atom is 0.260 e. The first-order valence-electron chi connectivity index (χ1n) is 8.29. The highest BCUT2D eigenvalue weighted by Gasteiger charge is 2.38. The largest absolute Gasteiger partial charge is 0.341 e. The third-order valence-electron chi connectivity index (χ3n) is 4.89. The van der Waals surface area contributed by atoms with Crippen LogP contribution in [0.3, 0.4) is 0 Å². The second kappa shape index (κ2) is 5.86. The van der Waals surface area contributed by atoms with E-state index in [9.17, 15) is 13.2 Å². The van der Waals surface area contributed by atoms with Crippen LogP contribution in [0, 0.1) is 0 Å². The molecule has 1 aromatic carbocycles. The normalized spacial score (nSPS) is 22.5. The number of benzene rings is 1. The van der Waals surface area contributed by atoms with Crippen molar-refractivity contribution >= 4 is 26.9 Å². The molecule has 0 aliphatic carbocycles. The van der Waals surface area contributed by atoms with Crippen LogP contribution in [0.1, 0.15) is 19.3 Å². The number of hydrogen-bond donors (Lipinski definition) is 1. The zero-order chi connectivity index (χ0) is 16.7. The molecule has 2 aromatic rings. The standard InChI is InChI=1S/C16H20N4O3S/c21-15-13-5-1-2-6-14(13)17-16(18-15)19-10-7-12(11-19)24(22,23)20-8-3-4-9-20/h1-2,5-6,12H,3-4,7-11H2,(H,17,18,21)/t12-/m1/s1. The number of H-pyrrole nitrogens is 1. The van der Waals surface area contributed by atoms with Crippen molar-refractivity contribution in [3.63, 3.8) is 0 Å². The van der Waals surface area contributed by atoms with Gasteiger partial charge in [0.05, 0.1) is 16.2 Å². The molecule has 2 saturated heterocycles. The molecule has 0 amide bonds. The molecule has 4 rings (SSSR count). The van der Waals surface area contributed by atoms with Crippen LogP contribution in [0.5, 0.6) is 0 Å². The zero-order valence-electron chi connectivity index (χ0n) is 13.3. The first-order valence-corrected chi connectivity index (χ1v) is 9.79. The second-order valence-corrected chi connectivity index (χ2v) is 8.63. The maximum absolute atomic E-state index is 12.7. The Morgan fingerprint density at radius 2 is 1.88 bits per heavy atom. The summed E-state index contributed by atoms with van der Waals surface area (Å²) in [6, 6.07) is 7.16. The maximum atomic E-state index is 12.7. The Labute approximate surface area is 140 Å². The van der Waals surface area contributed by atoms with Crippen molar-refractivity contribution in [2.24, 2.45) is 0 Å². The number of sulfonamides is 1. The molecule has 3 heterocycles. The highest BCUT2D eigenvalue weighted by molar-refractivity contribution is 7.89. The lowest BCUT2D eigenvalue weighted by molar-refractivity contribution is 0.467. The molecule has 128 valence electrons. The average Bonchev–Trinajstić information content (AvgIpc) is 3.27. The van der Waals surface area contributed by atoms with Gasteiger partial charge in [-0.3, -0.25) is 9.78 Å². The third kappa shape index (κ3) is 2.59. The lowest BCUT2D eigenvalue weighted by Gasteiger charge is -2.21. The Kier molecular flexibility index (Phi) is 3.80. The molecule has 1 N–H and O–H groups in total. The molecule has 8 heteroatoms. The summed E-state index contributed by atoms with van der Waals surface area (Å²) in [6.07, 6.45) is 2.44. The Bertz CT molecular complexity index is 918. The highest BCUT2D eigenvalue weighted by atomic mass is 32.2. The van der Waals surface area contributed by atoms with Gasteiger partial charge in [-0.25, -0.2) is 17.7 Å². The van der Waals surface area contributed by atoms with E-state index >= 15 is 0 Å². The number of aromatic nitrogens is 2. The number of nitrogens with zero attached hydrogens (tertiary/aromatic N) is 3. The van der Waals surface area contributed by atoms with Gasteiger partial charge in [0, 0.05) is 26.2 Å². The minimum atomic E-state index is -3.26. The lowest BCUT2D eigenvalue weighted by atomic mass is 10.2. The summed E-state index contributed by atoms with van der Waals surface area (Å²) in [5, 5.41) is 0.119. The molecule has 0 radical (unpaired) electrons. The van der Waals surface area contributed by atoms with Crippen molar-refractivity contribution in [2.75, 3.05) is 31.1 Å². The van der Waals surface area contributed by atoms with E-state index in [4.69, 9.17) is 0 Å². The van der Waals surface area contributed by atoms with Gasteiger partial charge in [-0.05, 0) is 31.4 Å². The van der Waals surface area contributed by atoms with E-state index in [1.54, 1.807) is 22.5 Å². The minimum Gasteiger partial charge on any atom is -0.341 e. The van der Waals surface area contributed by atoms with E-state index in [1.807, 2.05) is 11.0 Å². The van der Waals surface area contributed by atoms with Gasteiger partial charge in [-0.2, -0.15) is 0 Å². The number of anilines is 1. The number of rotatable bonds is 3. The van der Waals surface area contributed by atoms with Crippen LogP contribution in [-0.4, -0.2) is 54.1 Å². The molecule has 2 aliphatic rings. The van der Waals surface area contributed by atoms with E-state index in [0.717, 1.165) is 12.8 Å². The van der Waals surface area contributed by atoms with Crippen LogP contribution >= 0.6 is 0 Å². The van der Waals surface area contributed by atoms with E-state index in [1.165, 1.54) is 0 Å². The number of aromatic amines is 1. The van der Waals surface area contributed by atoms with Gasteiger partial charge in [-0.15, -0.1) is 0 Å². The summed E-state index contributed by atoms with van der Waals surface area (Å²) in [5.41, 5.74) is 0.434. The summed E-state index contributed by atoms with van der Waals surface area (Å²) in [6.45, 7) is 2.22. The van der Waals surface area contributed by atoms with Gasteiger partial charge in [-0.1, -0.05) is 12.1 Å². The van der Waals surface area contributed by atoms with E-state index in [0.29, 0.717) is 49.5 Å². The second-order valence-electron chi connectivity index (χ2n) is 6.41. The fraction of sp³-hybridized carbons (Fsp3) is 0.500. The van der Waals surface area contributed by atoms with Crippen LogP contribution in [-0.2, 0) is 10.0 Å². The summed E-state index contributed by atoms with van der Waals surface area (Å²) < 4.78 is 27.0. The van der Waals surface area contributed by atoms with Gasteiger partial charge in [0.15, 0.2) is 0 Å². The van der Waals surface area contributed by atoms with Crippen molar-refractivity contribution in [1.29, 1.82) is 0 Å². The molecule has 2 aliphatic heterocycles. The summed E-state index contributed by atoms with van der Waals surface area (Å²) in [7, 11) is -3.26. The first-order chi connectivity index (χ1) is 11.6. The van der Waals surface area contributed by atoms with Gasteiger partial charge in [0.2, 0.25) is 16.0 Å². The summed E-state index contributed by atoms with van der Waals surface area (Å²) in [4.78, 5) is 21.3. The van der Waals surface area contributed by atoms with Crippen LogP contribution in [0.4, 0.5) is 5.95 Å². The Hall–Kier alpha value is -1.93. The quantitative estimate of drug-likeness (QED) is 0.892. The third-order valence-corrected chi connectivity index (χ3v) is 7.20. The topological polar surface area (TPSA) is 86.4 Å². The first kappa shape index (κ1) is 15.6. The highest BCUT2D eigenvalue weighted by Crippen LogP contribution is 2.25. The van der Waals surface area contributed by atoms with Gasteiger partial charge in [0.25, 0.3) is 5.56 Å². The molecule has 1 aromatic heterocycles. The molecule has 0 saturated carbocycles. The van der Waals surface area contributed by atoms with Crippen molar-refractivity contribution in [3.8, 4) is 0 Å². The molecule has 1 atom stereocenters. The number of para-hydroxylation sites is 1. The van der Waals surface area contributed by atoms with E-state index in [-0.39, 0.29) is 5.56 Å². The van der Waals surface area contributed by atoms with Crippen molar-refractivity contribution in [2.45, 2.75) is 24.5 Å². The zero-order valence-corrected chi connectivity index (χ0v) is 14.1. The fourth-order valence-corrected chi connectivity index (χ4v) is 5.50. The van der Waals surface area contributed by atoms with Crippen LogP contribution in [0.2, 0.25) is 0 Å². The SMILES string of the molecule is O=c1[nH]c(N2CC[C@@H](S(=O)(=O)N3CCCC3)C2)nc2ccccc12. The molecule has 7 nitrogen and oxygen atoms in total. The van der Waals surface area contributed by atoms with Crippen molar-refractivity contribution < 1.29 is 8.42 Å². The lowest BCUT2D eigenvalue weighted by Crippen LogP contribution is -2.38. The van der Waals surface area contributed by atoms with Gasteiger partial charge >= 0.3 is 0 Å². The molecule has 0 bridgehead atoms. The predicted octanol–water partition coefficient (Wildman–Crippen LogP) is 0.927. The smallest absolute Gasteiger partial charge is 0.260 e. The Morgan fingerprint density at radius 3 is 2.67 bits per heavy atom.